The van der Waals surface area contributed by atoms with Crippen molar-refractivity contribution in [3.63, 3.8) is 0 Å². The zero-order chi connectivity index (χ0) is 19.2. The molecule has 2 aromatic carbocycles. The largest absolute Gasteiger partial charge is 0.497 e. The van der Waals surface area contributed by atoms with Crippen molar-refractivity contribution in [3.8, 4) is 17.2 Å². The first-order chi connectivity index (χ1) is 13.1. The predicted octanol–water partition coefficient (Wildman–Crippen LogP) is 3.53. The van der Waals surface area contributed by atoms with Crippen LogP contribution in [0.1, 0.15) is 20.7 Å². The van der Waals surface area contributed by atoms with Gasteiger partial charge in [0.15, 0.2) is 6.61 Å². The first-order valence-corrected chi connectivity index (χ1v) is 8.28. The molecule has 1 heterocycles. The summed E-state index contributed by atoms with van der Waals surface area (Å²) in [5.74, 6) is -0.0219. The van der Waals surface area contributed by atoms with E-state index in [1.54, 1.807) is 30.3 Å². The van der Waals surface area contributed by atoms with Gasteiger partial charge in [-0.05, 0) is 54.6 Å². The Morgan fingerprint density at radius 3 is 2.26 bits per heavy atom. The number of carbonyl (C=O) groups is 2. The average molecular weight is 365 g/mol. The van der Waals surface area contributed by atoms with Gasteiger partial charge in [-0.3, -0.25) is 4.79 Å². The molecule has 0 aliphatic rings. The molecule has 0 radical (unpaired) electrons. The molecule has 138 valence electrons. The van der Waals surface area contributed by atoms with E-state index in [1.165, 1.54) is 14.2 Å². The maximum atomic E-state index is 12.4. The Morgan fingerprint density at radius 1 is 0.926 bits per heavy atom. The number of Topliss-reactive ketones (excluding diaryl/α,β-unsaturated/α-hetero) is 1. The zero-order valence-corrected chi connectivity index (χ0v) is 15.0. The fraction of sp³-hybridized carbons (Fsp3) is 0.143. The number of hydrogen-bond acceptors (Lipinski definition) is 5. The van der Waals surface area contributed by atoms with Crippen molar-refractivity contribution in [2.45, 2.75) is 0 Å². The Hall–Kier alpha value is -3.54. The number of aromatic nitrogens is 1. The van der Waals surface area contributed by atoms with Crippen LogP contribution in [0, 0.1) is 0 Å². The molecule has 0 bridgehead atoms. The summed E-state index contributed by atoms with van der Waals surface area (Å²) in [5.41, 5.74) is 1.60. The fourth-order valence-corrected chi connectivity index (χ4v) is 2.60. The average Bonchev–Trinajstić information content (AvgIpc) is 3.26. The summed E-state index contributed by atoms with van der Waals surface area (Å²) in [7, 11) is 2.98. The highest BCUT2D eigenvalue weighted by molar-refractivity contribution is 6.01. The van der Waals surface area contributed by atoms with Crippen LogP contribution in [-0.4, -0.2) is 37.1 Å². The van der Waals surface area contributed by atoms with Crippen LogP contribution in [-0.2, 0) is 4.74 Å². The summed E-state index contributed by atoms with van der Waals surface area (Å²) >= 11 is 0. The number of hydrogen-bond donors (Lipinski definition) is 0. The second-order valence-electron chi connectivity index (χ2n) is 5.70. The fourth-order valence-electron chi connectivity index (χ4n) is 2.60. The number of esters is 1. The monoisotopic (exact) mass is 365 g/mol. The Labute approximate surface area is 156 Å². The van der Waals surface area contributed by atoms with E-state index < -0.39 is 5.97 Å². The number of ether oxygens (including phenoxy) is 3. The van der Waals surface area contributed by atoms with Gasteiger partial charge in [-0.15, -0.1) is 0 Å². The van der Waals surface area contributed by atoms with E-state index in [-0.39, 0.29) is 12.4 Å². The second kappa shape index (κ2) is 8.23. The van der Waals surface area contributed by atoms with E-state index in [9.17, 15) is 9.59 Å². The van der Waals surface area contributed by atoms with E-state index in [4.69, 9.17) is 14.2 Å². The van der Waals surface area contributed by atoms with Gasteiger partial charge in [-0.2, -0.15) is 0 Å². The van der Waals surface area contributed by atoms with Gasteiger partial charge in [0, 0.05) is 18.1 Å². The Balaban J connectivity index is 1.66. The molecule has 0 unspecified atom stereocenters. The smallest absolute Gasteiger partial charge is 0.338 e. The predicted molar refractivity (Wildman–Crippen MR) is 99.9 cm³/mol. The molecular weight excluding hydrogens is 346 g/mol. The van der Waals surface area contributed by atoms with Crippen molar-refractivity contribution in [1.29, 1.82) is 0 Å². The van der Waals surface area contributed by atoms with Gasteiger partial charge in [-0.25, -0.2) is 4.79 Å². The summed E-state index contributed by atoms with van der Waals surface area (Å²) in [5, 5.41) is 0. The number of rotatable bonds is 7. The summed E-state index contributed by atoms with van der Waals surface area (Å²) in [6.45, 7) is -0.387. The molecule has 3 rings (SSSR count). The molecule has 0 N–H and O–H groups in total. The van der Waals surface area contributed by atoms with Gasteiger partial charge in [0.1, 0.15) is 11.5 Å². The third-order valence-electron chi connectivity index (χ3n) is 4.05. The number of carbonyl (C=O) groups excluding carboxylic acids is 2. The Kier molecular flexibility index (Phi) is 5.56. The quantitative estimate of drug-likeness (QED) is 0.473. The molecule has 27 heavy (non-hydrogen) atoms. The molecule has 0 saturated carbocycles. The van der Waals surface area contributed by atoms with Crippen molar-refractivity contribution in [1.82, 2.24) is 4.57 Å². The minimum absolute atomic E-state index is 0.299. The van der Waals surface area contributed by atoms with E-state index in [2.05, 4.69) is 0 Å². The summed E-state index contributed by atoms with van der Waals surface area (Å²) in [6.07, 6.45) is 3.82. The SMILES string of the molecule is COc1ccc(OC)c(C(=O)COC(=O)c2ccc(-n3cccc3)cc2)c1. The van der Waals surface area contributed by atoms with Gasteiger partial charge in [0.25, 0.3) is 0 Å². The number of benzene rings is 2. The van der Waals surface area contributed by atoms with Crippen LogP contribution in [0.2, 0.25) is 0 Å². The molecule has 0 saturated heterocycles. The normalized spacial score (nSPS) is 10.3. The van der Waals surface area contributed by atoms with Crippen LogP contribution in [0.5, 0.6) is 11.5 Å². The number of nitrogens with zero attached hydrogens (tertiary/aromatic N) is 1. The summed E-state index contributed by atoms with van der Waals surface area (Å²) in [4.78, 5) is 24.6. The van der Waals surface area contributed by atoms with Crippen LogP contribution in [0.15, 0.2) is 67.0 Å². The van der Waals surface area contributed by atoms with Crippen LogP contribution in [0.25, 0.3) is 5.69 Å². The van der Waals surface area contributed by atoms with Crippen molar-refractivity contribution in [3.05, 3.63) is 78.1 Å². The lowest BCUT2D eigenvalue weighted by Crippen LogP contribution is -2.15. The van der Waals surface area contributed by atoms with Crippen LogP contribution < -0.4 is 9.47 Å². The standard InChI is InChI=1S/C21H19NO5/c1-25-17-9-10-20(26-2)18(13-17)19(23)14-27-21(24)15-5-7-16(8-6-15)22-11-3-4-12-22/h3-13H,14H2,1-2H3. The minimum atomic E-state index is -0.565. The molecule has 6 heteroatoms. The number of methoxy groups -OCH3 is 2. The van der Waals surface area contributed by atoms with Gasteiger partial charge in [-0.1, -0.05) is 0 Å². The van der Waals surface area contributed by atoms with Gasteiger partial charge >= 0.3 is 5.97 Å². The lowest BCUT2D eigenvalue weighted by molar-refractivity contribution is 0.0474. The first kappa shape index (κ1) is 18.3. The summed E-state index contributed by atoms with van der Waals surface area (Å²) < 4.78 is 17.4. The highest BCUT2D eigenvalue weighted by Crippen LogP contribution is 2.24. The van der Waals surface area contributed by atoms with Crippen LogP contribution in [0.4, 0.5) is 0 Å². The van der Waals surface area contributed by atoms with E-state index in [0.717, 1.165) is 5.69 Å². The lowest BCUT2D eigenvalue weighted by atomic mass is 10.1. The molecule has 1 aromatic heterocycles. The van der Waals surface area contributed by atoms with Gasteiger partial charge in [0.2, 0.25) is 5.78 Å². The highest BCUT2D eigenvalue weighted by atomic mass is 16.5. The third-order valence-corrected chi connectivity index (χ3v) is 4.05. The molecule has 0 amide bonds. The molecule has 0 aliphatic carbocycles. The maximum absolute atomic E-state index is 12.4. The summed E-state index contributed by atoms with van der Waals surface area (Å²) in [6, 6.07) is 15.7. The Bertz CT molecular complexity index is 930. The maximum Gasteiger partial charge on any atom is 0.338 e. The molecule has 6 nitrogen and oxygen atoms in total. The first-order valence-electron chi connectivity index (χ1n) is 8.28. The van der Waals surface area contributed by atoms with Crippen molar-refractivity contribution < 1.29 is 23.8 Å². The third kappa shape index (κ3) is 4.17. The van der Waals surface area contributed by atoms with Crippen molar-refractivity contribution in [2.75, 3.05) is 20.8 Å². The Morgan fingerprint density at radius 2 is 1.63 bits per heavy atom. The van der Waals surface area contributed by atoms with Crippen LogP contribution in [0.3, 0.4) is 0 Å². The molecule has 0 atom stereocenters. The zero-order valence-electron chi connectivity index (χ0n) is 15.0. The van der Waals surface area contributed by atoms with Gasteiger partial charge < -0.3 is 18.8 Å². The minimum Gasteiger partial charge on any atom is -0.497 e. The van der Waals surface area contributed by atoms with E-state index >= 15 is 0 Å². The topological polar surface area (TPSA) is 66.8 Å². The molecule has 0 spiro atoms. The number of ketones is 1. The van der Waals surface area contributed by atoms with Crippen LogP contribution >= 0.6 is 0 Å². The molecular formula is C21H19NO5. The van der Waals surface area contributed by atoms with Crippen molar-refractivity contribution >= 4 is 11.8 Å². The van der Waals surface area contributed by atoms with E-state index in [0.29, 0.717) is 22.6 Å². The molecule has 0 aliphatic heterocycles. The van der Waals surface area contributed by atoms with E-state index in [1.807, 2.05) is 41.2 Å². The lowest BCUT2D eigenvalue weighted by Gasteiger charge is -2.10. The molecule has 0 fully saturated rings. The molecule has 3 aromatic rings. The second-order valence-corrected chi connectivity index (χ2v) is 5.70. The van der Waals surface area contributed by atoms with Crippen molar-refractivity contribution in [2.24, 2.45) is 0 Å². The highest BCUT2D eigenvalue weighted by Gasteiger charge is 2.16. The van der Waals surface area contributed by atoms with Gasteiger partial charge in [0.05, 0.1) is 25.3 Å².